The van der Waals surface area contributed by atoms with Crippen LogP contribution < -0.4 is 10.1 Å². The van der Waals surface area contributed by atoms with Crippen LogP contribution in [0.5, 0.6) is 5.75 Å². The first kappa shape index (κ1) is 18.2. The molecule has 3 aromatic rings. The molecule has 0 unspecified atom stereocenters. The van der Waals surface area contributed by atoms with E-state index in [0.29, 0.717) is 12.6 Å². The Hall–Kier alpha value is -2.58. The fourth-order valence-corrected chi connectivity index (χ4v) is 2.87. The van der Waals surface area contributed by atoms with Crippen LogP contribution in [0.15, 0.2) is 84.9 Å². The molecular weight excluding hydrogens is 318 g/mol. The molecular formula is C24H27NO. The maximum Gasteiger partial charge on any atom is 0.119 e. The lowest BCUT2D eigenvalue weighted by atomic mass is 10.1. The van der Waals surface area contributed by atoms with Gasteiger partial charge in [0.1, 0.15) is 12.4 Å². The second-order valence-corrected chi connectivity index (χ2v) is 6.72. The third kappa shape index (κ3) is 6.05. The SMILES string of the molecule is C[C@H](CCc1ccccc1)NCc1ccc(OCc2ccccc2)cc1. The highest BCUT2D eigenvalue weighted by Crippen LogP contribution is 2.14. The third-order valence-electron chi connectivity index (χ3n) is 4.54. The number of hydrogen-bond donors (Lipinski definition) is 1. The van der Waals surface area contributed by atoms with Crippen molar-refractivity contribution in [2.45, 2.75) is 39.0 Å². The van der Waals surface area contributed by atoms with Crippen LogP contribution in [0.2, 0.25) is 0 Å². The predicted molar refractivity (Wildman–Crippen MR) is 108 cm³/mol. The Kier molecular flexibility index (Phi) is 6.86. The summed E-state index contributed by atoms with van der Waals surface area (Å²) in [7, 11) is 0. The number of rotatable bonds is 9. The summed E-state index contributed by atoms with van der Waals surface area (Å²) >= 11 is 0. The van der Waals surface area contributed by atoms with Gasteiger partial charge >= 0.3 is 0 Å². The van der Waals surface area contributed by atoms with Crippen LogP contribution in [0.4, 0.5) is 0 Å². The van der Waals surface area contributed by atoms with Crippen molar-refractivity contribution >= 4 is 0 Å². The van der Waals surface area contributed by atoms with E-state index in [4.69, 9.17) is 4.74 Å². The molecule has 0 fully saturated rings. The van der Waals surface area contributed by atoms with Crippen molar-refractivity contribution in [2.75, 3.05) is 0 Å². The van der Waals surface area contributed by atoms with Crippen LogP contribution >= 0.6 is 0 Å². The Labute approximate surface area is 156 Å². The van der Waals surface area contributed by atoms with Gasteiger partial charge < -0.3 is 10.1 Å². The molecule has 0 aliphatic rings. The van der Waals surface area contributed by atoms with E-state index in [1.165, 1.54) is 16.7 Å². The number of benzene rings is 3. The van der Waals surface area contributed by atoms with E-state index in [1.807, 2.05) is 18.2 Å². The summed E-state index contributed by atoms with van der Waals surface area (Å²) < 4.78 is 5.84. The van der Waals surface area contributed by atoms with E-state index in [2.05, 4.69) is 79.0 Å². The molecule has 0 aliphatic carbocycles. The van der Waals surface area contributed by atoms with Crippen LogP contribution in [-0.2, 0) is 19.6 Å². The first-order chi connectivity index (χ1) is 12.8. The Balaban J connectivity index is 1.39. The quantitative estimate of drug-likeness (QED) is 0.562. The Morgan fingerprint density at radius 3 is 2.00 bits per heavy atom. The topological polar surface area (TPSA) is 21.3 Å². The minimum atomic E-state index is 0.490. The molecule has 0 amide bonds. The van der Waals surface area contributed by atoms with E-state index in [9.17, 15) is 0 Å². The highest BCUT2D eigenvalue weighted by molar-refractivity contribution is 5.27. The number of aryl methyl sites for hydroxylation is 1. The average Bonchev–Trinajstić information content (AvgIpc) is 2.71. The lowest BCUT2D eigenvalue weighted by Gasteiger charge is -2.14. The van der Waals surface area contributed by atoms with Crippen molar-refractivity contribution in [3.8, 4) is 5.75 Å². The lowest BCUT2D eigenvalue weighted by Crippen LogP contribution is -2.25. The minimum absolute atomic E-state index is 0.490. The first-order valence-electron chi connectivity index (χ1n) is 9.32. The molecule has 26 heavy (non-hydrogen) atoms. The van der Waals surface area contributed by atoms with E-state index < -0.39 is 0 Å². The second-order valence-electron chi connectivity index (χ2n) is 6.72. The first-order valence-corrected chi connectivity index (χ1v) is 9.32. The molecule has 1 N–H and O–H groups in total. The van der Waals surface area contributed by atoms with E-state index in [1.54, 1.807) is 0 Å². The van der Waals surface area contributed by atoms with Gasteiger partial charge in [-0.15, -0.1) is 0 Å². The summed E-state index contributed by atoms with van der Waals surface area (Å²) in [6, 6.07) is 29.8. The summed E-state index contributed by atoms with van der Waals surface area (Å²) in [4.78, 5) is 0. The number of hydrogen-bond acceptors (Lipinski definition) is 2. The molecule has 0 radical (unpaired) electrons. The third-order valence-corrected chi connectivity index (χ3v) is 4.54. The number of ether oxygens (including phenoxy) is 1. The van der Waals surface area contributed by atoms with Crippen molar-refractivity contribution < 1.29 is 4.74 Å². The highest BCUT2D eigenvalue weighted by Gasteiger charge is 2.03. The van der Waals surface area contributed by atoms with Crippen molar-refractivity contribution in [1.82, 2.24) is 5.32 Å². The monoisotopic (exact) mass is 345 g/mol. The van der Waals surface area contributed by atoms with Gasteiger partial charge in [-0.2, -0.15) is 0 Å². The van der Waals surface area contributed by atoms with Crippen molar-refractivity contribution in [1.29, 1.82) is 0 Å². The highest BCUT2D eigenvalue weighted by atomic mass is 16.5. The Morgan fingerprint density at radius 2 is 1.35 bits per heavy atom. The summed E-state index contributed by atoms with van der Waals surface area (Å²) in [6.07, 6.45) is 2.25. The van der Waals surface area contributed by atoms with Crippen LogP contribution in [0.3, 0.4) is 0 Å². The van der Waals surface area contributed by atoms with Gasteiger partial charge in [0.15, 0.2) is 0 Å². The molecule has 0 aliphatic heterocycles. The van der Waals surface area contributed by atoms with Crippen LogP contribution in [0.1, 0.15) is 30.0 Å². The summed E-state index contributed by atoms with van der Waals surface area (Å²) in [5.41, 5.74) is 3.87. The molecule has 0 bridgehead atoms. The lowest BCUT2D eigenvalue weighted by molar-refractivity contribution is 0.306. The van der Waals surface area contributed by atoms with E-state index >= 15 is 0 Å². The van der Waals surface area contributed by atoms with Crippen LogP contribution in [0.25, 0.3) is 0 Å². The molecule has 0 saturated carbocycles. The van der Waals surface area contributed by atoms with Crippen molar-refractivity contribution in [3.63, 3.8) is 0 Å². The zero-order valence-electron chi connectivity index (χ0n) is 15.4. The molecule has 3 rings (SSSR count). The second kappa shape index (κ2) is 9.79. The minimum Gasteiger partial charge on any atom is -0.489 e. The maximum atomic E-state index is 5.84. The standard InChI is InChI=1S/C24H27NO/c1-20(12-13-21-8-4-2-5-9-21)25-18-22-14-16-24(17-15-22)26-19-23-10-6-3-7-11-23/h2-11,14-17,20,25H,12-13,18-19H2,1H3/t20-/m1/s1. The average molecular weight is 345 g/mol. The summed E-state index contributed by atoms with van der Waals surface area (Å²) in [6.45, 7) is 3.74. The fourth-order valence-electron chi connectivity index (χ4n) is 2.87. The van der Waals surface area contributed by atoms with Gasteiger partial charge in [-0.25, -0.2) is 0 Å². The molecule has 3 aromatic carbocycles. The summed E-state index contributed by atoms with van der Waals surface area (Å²) in [5, 5.41) is 3.61. The molecule has 0 heterocycles. The smallest absolute Gasteiger partial charge is 0.119 e. The molecule has 0 saturated heterocycles. The normalized spacial score (nSPS) is 11.9. The van der Waals surface area contributed by atoms with Crippen LogP contribution in [0, 0.1) is 0 Å². The zero-order chi connectivity index (χ0) is 18.0. The van der Waals surface area contributed by atoms with Gasteiger partial charge in [-0.1, -0.05) is 72.8 Å². The van der Waals surface area contributed by atoms with E-state index in [0.717, 1.165) is 25.1 Å². The van der Waals surface area contributed by atoms with Gasteiger partial charge in [-0.05, 0) is 48.6 Å². The molecule has 2 nitrogen and oxygen atoms in total. The molecule has 1 atom stereocenters. The summed E-state index contributed by atoms with van der Waals surface area (Å²) in [5.74, 6) is 0.912. The van der Waals surface area contributed by atoms with Gasteiger partial charge in [-0.3, -0.25) is 0 Å². The largest absolute Gasteiger partial charge is 0.489 e. The molecule has 0 aromatic heterocycles. The van der Waals surface area contributed by atoms with Gasteiger partial charge in [0, 0.05) is 12.6 Å². The van der Waals surface area contributed by atoms with Crippen LogP contribution in [-0.4, -0.2) is 6.04 Å². The van der Waals surface area contributed by atoms with Gasteiger partial charge in [0.05, 0.1) is 0 Å². The van der Waals surface area contributed by atoms with Crippen molar-refractivity contribution in [2.24, 2.45) is 0 Å². The van der Waals surface area contributed by atoms with Gasteiger partial charge in [0.2, 0.25) is 0 Å². The molecule has 0 spiro atoms. The molecule has 134 valence electrons. The predicted octanol–water partition coefficient (Wildman–Crippen LogP) is 5.38. The fraction of sp³-hybridized carbons (Fsp3) is 0.250. The Morgan fingerprint density at radius 1 is 0.731 bits per heavy atom. The number of nitrogens with one attached hydrogen (secondary N) is 1. The molecule has 2 heteroatoms. The van der Waals surface area contributed by atoms with E-state index in [-0.39, 0.29) is 0 Å². The van der Waals surface area contributed by atoms with Crippen molar-refractivity contribution in [3.05, 3.63) is 102 Å². The maximum absolute atomic E-state index is 5.84. The van der Waals surface area contributed by atoms with Gasteiger partial charge in [0.25, 0.3) is 0 Å². The Bertz CT molecular complexity index is 753. The zero-order valence-corrected chi connectivity index (χ0v) is 15.4.